The maximum Gasteiger partial charge on any atom is 0.267 e. The number of rotatable bonds is 3. The fourth-order valence-electron chi connectivity index (χ4n) is 2.46. The minimum atomic E-state index is -0.229. The van der Waals surface area contributed by atoms with Gasteiger partial charge in [-0.2, -0.15) is 0 Å². The zero-order valence-corrected chi connectivity index (χ0v) is 13.8. The van der Waals surface area contributed by atoms with Crippen molar-refractivity contribution in [2.24, 2.45) is 0 Å². The second-order valence-electron chi connectivity index (χ2n) is 5.33. The molecule has 24 heavy (non-hydrogen) atoms. The fraction of sp³-hybridized carbons (Fsp3) is 0.118. The first-order chi connectivity index (χ1) is 11.6. The van der Waals surface area contributed by atoms with Gasteiger partial charge < -0.3 is 14.6 Å². The molecule has 1 amide bonds. The van der Waals surface area contributed by atoms with Crippen molar-refractivity contribution >= 4 is 44.2 Å². The van der Waals surface area contributed by atoms with E-state index in [0.717, 1.165) is 26.9 Å². The molecule has 0 aliphatic carbocycles. The standard InChI is InChI=1S/C17H13N3O3S/c1-9-5-15(20-23-9)19-16(21)14-8-11-6-10-7-12(22-2)3-4-13(10)18-17(11)24-14/h3-8H,1-2H3,(H,19,20,21). The Morgan fingerprint density at radius 1 is 1.21 bits per heavy atom. The summed E-state index contributed by atoms with van der Waals surface area (Å²) in [5.41, 5.74) is 0.865. The smallest absolute Gasteiger partial charge is 0.267 e. The molecular formula is C17H13N3O3S. The number of methoxy groups -OCH3 is 1. The summed E-state index contributed by atoms with van der Waals surface area (Å²) >= 11 is 1.34. The van der Waals surface area contributed by atoms with Gasteiger partial charge in [-0.05, 0) is 37.3 Å². The molecule has 6 nitrogen and oxygen atoms in total. The first-order valence-electron chi connectivity index (χ1n) is 7.25. The van der Waals surface area contributed by atoms with E-state index in [-0.39, 0.29) is 5.91 Å². The number of nitrogens with zero attached hydrogens (tertiary/aromatic N) is 2. The number of hydrogen-bond donors (Lipinski definition) is 1. The van der Waals surface area contributed by atoms with Crippen LogP contribution >= 0.6 is 11.3 Å². The number of aryl methyl sites for hydroxylation is 1. The number of ether oxygens (including phenoxy) is 1. The number of aromatic nitrogens is 2. The lowest BCUT2D eigenvalue weighted by atomic mass is 10.2. The normalized spacial score (nSPS) is 11.1. The molecule has 0 radical (unpaired) electrons. The highest BCUT2D eigenvalue weighted by Crippen LogP contribution is 2.29. The minimum absolute atomic E-state index is 0.229. The highest BCUT2D eigenvalue weighted by Gasteiger charge is 2.14. The van der Waals surface area contributed by atoms with Gasteiger partial charge in [0.1, 0.15) is 16.3 Å². The third-order valence-electron chi connectivity index (χ3n) is 3.60. The summed E-state index contributed by atoms with van der Waals surface area (Å²) in [6.45, 7) is 1.77. The Bertz CT molecular complexity index is 1070. The molecule has 0 bridgehead atoms. The quantitative estimate of drug-likeness (QED) is 0.610. The van der Waals surface area contributed by atoms with E-state index >= 15 is 0 Å². The van der Waals surface area contributed by atoms with Crippen LogP contribution in [0.15, 0.2) is 40.9 Å². The molecule has 0 aliphatic heterocycles. The number of carbonyl (C=O) groups is 1. The first kappa shape index (κ1) is 14.6. The zero-order chi connectivity index (χ0) is 16.7. The molecule has 0 aliphatic rings. The van der Waals surface area contributed by atoms with Gasteiger partial charge in [0.15, 0.2) is 5.82 Å². The number of thiophene rings is 1. The molecule has 0 saturated heterocycles. The summed E-state index contributed by atoms with van der Waals surface area (Å²) in [6, 6.07) is 11.2. The van der Waals surface area contributed by atoms with Gasteiger partial charge in [-0.3, -0.25) is 4.79 Å². The topological polar surface area (TPSA) is 77.2 Å². The van der Waals surface area contributed by atoms with Crippen molar-refractivity contribution in [3.05, 3.63) is 47.0 Å². The Hall–Kier alpha value is -2.93. The van der Waals surface area contributed by atoms with Crippen LogP contribution in [0.25, 0.3) is 21.1 Å². The second-order valence-corrected chi connectivity index (χ2v) is 6.36. The summed E-state index contributed by atoms with van der Waals surface area (Å²) in [6.07, 6.45) is 0. The largest absolute Gasteiger partial charge is 0.497 e. The van der Waals surface area contributed by atoms with Crippen molar-refractivity contribution in [3.63, 3.8) is 0 Å². The van der Waals surface area contributed by atoms with E-state index in [1.165, 1.54) is 11.3 Å². The summed E-state index contributed by atoms with van der Waals surface area (Å²) in [5.74, 6) is 1.59. The van der Waals surface area contributed by atoms with Gasteiger partial charge in [-0.25, -0.2) is 4.98 Å². The molecule has 0 atom stereocenters. The predicted octanol–water partition coefficient (Wildman–Crippen LogP) is 4.01. The zero-order valence-electron chi connectivity index (χ0n) is 13.0. The van der Waals surface area contributed by atoms with E-state index in [1.54, 1.807) is 20.1 Å². The number of fused-ring (bicyclic) bond motifs is 2. The van der Waals surface area contributed by atoms with Gasteiger partial charge in [-0.15, -0.1) is 11.3 Å². The molecule has 4 aromatic rings. The van der Waals surface area contributed by atoms with Gasteiger partial charge in [0.05, 0.1) is 17.5 Å². The lowest BCUT2D eigenvalue weighted by Crippen LogP contribution is -2.10. The molecule has 3 heterocycles. The third kappa shape index (κ3) is 2.59. The van der Waals surface area contributed by atoms with Gasteiger partial charge in [0, 0.05) is 16.8 Å². The van der Waals surface area contributed by atoms with E-state index in [2.05, 4.69) is 15.5 Å². The highest BCUT2D eigenvalue weighted by molar-refractivity contribution is 7.20. The van der Waals surface area contributed by atoms with Crippen LogP contribution in [0.4, 0.5) is 5.82 Å². The summed E-state index contributed by atoms with van der Waals surface area (Å²) in [4.78, 5) is 18.4. The van der Waals surface area contributed by atoms with Crippen LogP contribution in [0.3, 0.4) is 0 Å². The summed E-state index contributed by atoms with van der Waals surface area (Å²) in [5, 5.41) is 8.38. The van der Waals surface area contributed by atoms with Crippen LogP contribution in [-0.2, 0) is 0 Å². The number of hydrogen-bond acceptors (Lipinski definition) is 6. The maximum absolute atomic E-state index is 12.4. The fourth-order valence-corrected chi connectivity index (χ4v) is 3.37. The third-order valence-corrected chi connectivity index (χ3v) is 4.64. The molecule has 7 heteroatoms. The number of nitrogens with one attached hydrogen (secondary N) is 1. The molecule has 3 aromatic heterocycles. The number of amides is 1. The molecule has 1 aromatic carbocycles. The molecular weight excluding hydrogens is 326 g/mol. The maximum atomic E-state index is 12.4. The van der Waals surface area contributed by atoms with Crippen LogP contribution in [0.1, 0.15) is 15.4 Å². The Morgan fingerprint density at radius 3 is 2.83 bits per heavy atom. The molecule has 0 fully saturated rings. The van der Waals surface area contributed by atoms with E-state index < -0.39 is 0 Å². The minimum Gasteiger partial charge on any atom is -0.497 e. The van der Waals surface area contributed by atoms with Crippen LogP contribution in [0.2, 0.25) is 0 Å². The Kier molecular flexibility index (Phi) is 3.42. The van der Waals surface area contributed by atoms with E-state index in [1.807, 2.05) is 30.3 Å². The van der Waals surface area contributed by atoms with Crippen molar-refractivity contribution in [3.8, 4) is 5.75 Å². The Morgan fingerprint density at radius 2 is 2.08 bits per heavy atom. The molecule has 120 valence electrons. The van der Waals surface area contributed by atoms with Crippen LogP contribution in [0.5, 0.6) is 5.75 Å². The van der Waals surface area contributed by atoms with Crippen molar-refractivity contribution in [2.75, 3.05) is 12.4 Å². The van der Waals surface area contributed by atoms with Crippen molar-refractivity contribution < 1.29 is 14.1 Å². The molecule has 1 N–H and O–H groups in total. The average Bonchev–Trinajstić information content (AvgIpc) is 3.17. The average molecular weight is 339 g/mol. The van der Waals surface area contributed by atoms with Gasteiger partial charge >= 0.3 is 0 Å². The Balaban J connectivity index is 1.71. The first-order valence-corrected chi connectivity index (χ1v) is 8.07. The van der Waals surface area contributed by atoms with E-state index in [4.69, 9.17) is 9.26 Å². The molecule has 0 unspecified atom stereocenters. The summed E-state index contributed by atoms with van der Waals surface area (Å²) in [7, 11) is 1.63. The molecule has 0 spiro atoms. The number of benzene rings is 1. The lowest BCUT2D eigenvalue weighted by molar-refractivity contribution is 0.102. The number of anilines is 1. The lowest BCUT2D eigenvalue weighted by Gasteiger charge is -2.01. The van der Waals surface area contributed by atoms with Crippen LogP contribution in [-0.4, -0.2) is 23.2 Å². The highest BCUT2D eigenvalue weighted by atomic mass is 32.1. The monoisotopic (exact) mass is 339 g/mol. The van der Waals surface area contributed by atoms with Gasteiger partial charge in [-0.1, -0.05) is 5.16 Å². The van der Waals surface area contributed by atoms with Crippen LogP contribution < -0.4 is 10.1 Å². The number of carbonyl (C=O) groups excluding carboxylic acids is 1. The van der Waals surface area contributed by atoms with E-state index in [9.17, 15) is 4.79 Å². The Labute approximate surface area is 141 Å². The summed E-state index contributed by atoms with van der Waals surface area (Å²) < 4.78 is 10.2. The van der Waals surface area contributed by atoms with Crippen molar-refractivity contribution in [1.29, 1.82) is 0 Å². The molecule has 0 saturated carbocycles. The predicted molar refractivity (Wildman–Crippen MR) is 92.9 cm³/mol. The number of pyridine rings is 1. The van der Waals surface area contributed by atoms with E-state index in [0.29, 0.717) is 16.5 Å². The van der Waals surface area contributed by atoms with Gasteiger partial charge in [0.25, 0.3) is 5.91 Å². The van der Waals surface area contributed by atoms with Crippen LogP contribution in [0, 0.1) is 6.92 Å². The van der Waals surface area contributed by atoms with Gasteiger partial charge in [0.2, 0.25) is 0 Å². The van der Waals surface area contributed by atoms with Crippen molar-refractivity contribution in [2.45, 2.75) is 6.92 Å². The second kappa shape index (κ2) is 5.61. The van der Waals surface area contributed by atoms with Crippen molar-refractivity contribution in [1.82, 2.24) is 10.1 Å². The molecule has 4 rings (SSSR count). The SMILES string of the molecule is COc1ccc2nc3sc(C(=O)Nc4cc(C)on4)cc3cc2c1.